The first-order valence-electron chi connectivity index (χ1n) is 2.53. The van der Waals surface area contributed by atoms with E-state index in [1.54, 1.807) is 0 Å². The average molecular weight is 116 g/mol. The number of rotatable bonds is 0. The summed E-state index contributed by atoms with van der Waals surface area (Å²) in [6.07, 6.45) is 2.00. The summed E-state index contributed by atoms with van der Waals surface area (Å²) in [7, 11) is 4.85. The van der Waals surface area contributed by atoms with Crippen LogP contribution in [-0.2, 0) is 0 Å². The SMILES string of the molecule is C.C.CCC.[B]CC. The second kappa shape index (κ2) is 60.9. The Hall–Kier alpha value is 0.0649. The van der Waals surface area contributed by atoms with E-state index in [0.717, 1.165) is 6.32 Å². The molecule has 0 aliphatic heterocycles. The highest BCUT2D eigenvalue weighted by molar-refractivity contribution is 6.08. The molecule has 0 saturated carbocycles. The third-order valence-electron chi connectivity index (χ3n) is 0. The van der Waals surface area contributed by atoms with Crippen LogP contribution in [0.5, 0.6) is 0 Å². The molecular formula is C7H21B. The van der Waals surface area contributed by atoms with Crippen molar-refractivity contribution in [1.82, 2.24) is 0 Å². The van der Waals surface area contributed by atoms with Crippen LogP contribution in [0.15, 0.2) is 0 Å². The maximum absolute atomic E-state index is 4.85. The van der Waals surface area contributed by atoms with Gasteiger partial charge in [0.05, 0.1) is 7.85 Å². The molecule has 1 heteroatoms. The molecule has 8 heavy (non-hydrogen) atoms. The number of hydrogen-bond donors (Lipinski definition) is 0. The zero-order valence-electron chi connectivity index (χ0n) is 4.99. The maximum Gasteiger partial charge on any atom is 0.0649 e. The Labute approximate surface area is 57.1 Å². The van der Waals surface area contributed by atoms with E-state index in [2.05, 4.69) is 13.8 Å². The van der Waals surface area contributed by atoms with Gasteiger partial charge in [0.25, 0.3) is 0 Å². The molecule has 0 N–H and O–H groups in total. The van der Waals surface area contributed by atoms with Gasteiger partial charge in [0.15, 0.2) is 0 Å². The van der Waals surface area contributed by atoms with Gasteiger partial charge in [-0.3, -0.25) is 0 Å². The van der Waals surface area contributed by atoms with Gasteiger partial charge < -0.3 is 0 Å². The van der Waals surface area contributed by atoms with Gasteiger partial charge in [-0.05, 0) is 0 Å². The molecule has 0 rings (SSSR count). The lowest BCUT2D eigenvalue weighted by Gasteiger charge is -1.48. The predicted molar refractivity (Wildman–Crippen MR) is 45.7 cm³/mol. The van der Waals surface area contributed by atoms with Gasteiger partial charge in [-0.25, -0.2) is 0 Å². The lowest BCUT2D eigenvalue weighted by molar-refractivity contribution is 1.09. The minimum Gasteiger partial charge on any atom is -0.0915 e. The Morgan fingerprint density at radius 3 is 1.00 bits per heavy atom. The molecule has 0 aliphatic carbocycles. The van der Waals surface area contributed by atoms with E-state index in [9.17, 15) is 0 Å². The van der Waals surface area contributed by atoms with E-state index in [-0.39, 0.29) is 14.9 Å². The Balaban J connectivity index is -0.0000000160. The number of hydrogen-bond acceptors (Lipinski definition) is 0. The van der Waals surface area contributed by atoms with Gasteiger partial charge in [0.1, 0.15) is 0 Å². The summed E-state index contributed by atoms with van der Waals surface area (Å²) in [5.41, 5.74) is 0. The molecule has 0 spiro atoms. The zero-order chi connectivity index (χ0) is 5.41. The first kappa shape index (κ1) is 24.4. The Morgan fingerprint density at radius 1 is 1.00 bits per heavy atom. The minimum absolute atomic E-state index is 0. The molecule has 0 fully saturated rings. The molecule has 2 radical (unpaired) electrons. The summed E-state index contributed by atoms with van der Waals surface area (Å²) in [6.45, 7) is 6.15. The molecule has 0 atom stereocenters. The second-order valence-corrected chi connectivity index (χ2v) is 1.12. The molecule has 0 bridgehead atoms. The highest BCUT2D eigenvalue weighted by Crippen LogP contribution is 1.56. The van der Waals surface area contributed by atoms with E-state index in [1.165, 1.54) is 6.42 Å². The molecule has 0 heterocycles. The third kappa shape index (κ3) is 36900. The summed E-state index contributed by atoms with van der Waals surface area (Å²) in [4.78, 5) is 0. The van der Waals surface area contributed by atoms with E-state index in [0.29, 0.717) is 0 Å². The molecule has 0 aromatic rings. The molecule has 0 unspecified atom stereocenters. The van der Waals surface area contributed by atoms with Crippen molar-refractivity contribution >= 4 is 7.85 Å². The van der Waals surface area contributed by atoms with Crippen LogP contribution in [0.3, 0.4) is 0 Å². The van der Waals surface area contributed by atoms with E-state index in [1.807, 2.05) is 6.92 Å². The van der Waals surface area contributed by atoms with Crippen molar-refractivity contribution in [1.29, 1.82) is 0 Å². The van der Waals surface area contributed by atoms with Crippen molar-refractivity contribution in [2.24, 2.45) is 0 Å². The van der Waals surface area contributed by atoms with Gasteiger partial charge in [0.2, 0.25) is 0 Å². The molecule has 0 nitrogen and oxygen atoms in total. The lowest BCUT2D eigenvalue weighted by atomic mass is 10.1. The second-order valence-electron chi connectivity index (χ2n) is 1.12. The summed E-state index contributed by atoms with van der Waals surface area (Å²) >= 11 is 0. The standard InChI is InChI=1S/C3H8.C2H5B.2CH4/c1-3-2;1-2-3;;/h3H2,1-2H3;2H2,1H3;2*1H4. The van der Waals surface area contributed by atoms with Crippen LogP contribution in [0.25, 0.3) is 0 Å². The van der Waals surface area contributed by atoms with Crippen molar-refractivity contribution in [3.05, 3.63) is 0 Å². The van der Waals surface area contributed by atoms with Crippen molar-refractivity contribution in [3.8, 4) is 0 Å². The topological polar surface area (TPSA) is 0 Å². The summed E-state index contributed by atoms with van der Waals surface area (Å²) in [6, 6.07) is 0. The smallest absolute Gasteiger partial charge is 0.0649 e. The molecular weight excluding hydrogens is 94.9 g/mol. The molecule has 0 aromatic carbocycles. The van der Waals surface area contributed by atoms with Crippen LogP contribution in [0.1, 0.15) is 42.0 Å². The fraction of sp³-hybridized carbons (Fsp3) is 1.00. The summed E-state index contributed by atoms with van der Waals surface area (Å²) < 4.78 is 0. The van der Waals surface area contributed by atoms with E-state index < -0.39 is 0 Å². The van der Waals surface area contributed by atoms with Gasteiger partial charge in [0, 0.05) is 0 Å². The van der Waals surface area contributed by atoms with Gasteiger partial charge in [-0.15, -0.1) is 0 Å². The van der Waals surface area contributed by atoms with Gasteiger partial charge in [-0.2, -0.15) is 0 Å². The largest absolute Gasteiger partial charge is 0.0915 e. The maximum atomic E-state index is 4.85. The Bertz CT molecular complexity index is 6.35. The zero-order valence-corrected chi connectivity index (χ0v) is 4.99. The van der Waals surface area contributed by atoms with Crippen LogP contribution in [0, 0.1) is 0 Å². The fourth-order valence-corrected chi connectivity index (χ4v) is 0. The molecule has 0 saturated heterocycles. The Kier molecular flexibility index (Phi) is 186. The summed E-state index contributed by atoms with van der Waals surface area (Å²) in [5.74, 6) is 0. The van der Waals surface area contributed by atoms with Crippen LogP contribution < -0.4 is 0 Å². The van der Waals surface area contributed by atoms with Crippen LogP contribution in [0.2, 0.25) is 6.32 Å². The van der Waals surface area contributed by atoms with Crippen molar-refractivity contribution in [2.45, 2.75) is 48.4 Å². The van der Waals surface area contributed by atoms with E-state index >= 15 is 0 Å². The van der Waals surface area contributed by atoms with Crippen molar-refractivity contribution in [3.63, 3.8) is 0 Å². The molecule has 0 aliphatic rings. The van der Waals surface area contributed by atoms with Crippen LogP contribution in [-0.4, -0.2) is 7.85 Å². The van der Waals surface area contributed by atoms with E-state index in [4.69, 9.17) is 7.85 Å². The van der Waals surface area contributed by atoms with Crippen LogP contribution >= 0.6 is 0 Å². The quantitative estimate of drug-likeness (QED) is 0.426. The molecule has 52 valence electrons. The summed E-state index contributed by atoms with van der Waals surface area (Å²) in [5, 5.41) is 0. The average Bonchev–Trinajstić information content (AvgIpc) is 1.39. The highest BCUT2D eigenvalue weighted by atomic mass is 13.4. The van der Waals surface area contributed by atoms with Gasteiger partial charge in [-0.1, -0.05) is 48.4 Å². The normalized spacial score (nSPS) is 4.38. The predicted octanol–water partition coefficient (Wildman–Crippen LogP) is 3.28. The first-order chi connectivity index (χ1) is 2.83. The first-order valence-corrected chi connectivity index (χ1v) is 2.53. The van der Waals surface area contributed by atoms with Crippen molar-refractivity contribution < 1.29 is 0 Å². The lowest BCUT2D eigenvalue weighted by Crippen LogP contribution is -1.41. The Morgan fingerprint density at radius 2 is 1.00 bits per heavy atom. The van der Waals surface area contributed by atoms with Crippen LogP contribution in [0.4, 0.5) is 0 Å². The third-order valence-corrected chi connectivity index (χ3v) is 0. The van der Waals surface area contributed by atoms with Crippen molar-refractivity contribution in [2.75, 3.05) is 0 Å². The fourth-order valence-electron chi connectivity index (χ4n) is 0. The molecule has 0 amide bonds. The monoisotopic (exact) mass is 116 g/mol. The van der Waals surface area contributed by atoms with Gasteiger partial charge >= 0.3 is 0 Å². The minimum atomic E-state index is 0. The molecule has 0 aromatic heterocycles. The highest BCUT2D eigenvalue weighted by Gasteiger charge is 1.37.